The fourth-order valence-corrected chi connectivity index (χ4v) is 1.81. The third kappa shape index (κ3) is 4.78. The molecule has 1 heterocycles. The second-order valence-electron chi connectivity index (χ2n) is 4.24. The van der Waals surface area contributed by atoms with Crippen LogP contribution in [-0.4, -0.2) is 30.2 Å². The number of ether oxygens (including phenoxy) is 1. The molecule has 1 N–H and O–H groups in total. The number of anilines is 1. The molecule has 0 aliphatic heterocycles. The van der Waals surface area contributed by atoms with E-state index in [0.717, 1.165) is 56.0 Å². The zero-order valence-corrected chi connectivity index (χ0v) is 12.2. The van der Waals surface area contributed by atoms with Gasteiger partial charge in [0.2, 0.25) is 0 Å². The van der Waals surface area contributed by atoms with Gasteiger partial charge >= 0.3 is 0 Å². The molecule has 0 aliphatic rings. The summed E-state index contributed by atoms with van der Waals surface area (Å²) in [6.45, 7) is 5.70. The van der Waals surface area contributed by atoms with Gasteiger partial charge in [0.1, 0.15) is 16.8 Å². The molecule has 0 atom stereocenters. The minimum Gasteiger partial charge on any atom is -0.385 e. The summed E-state index contributed by atoms with van der Waals surface area (Å²) in [6, 6.07) is 0. The van der Waals surface area contributed by atoms with Crippen molar-refractivity contribution < 1.29 is 4.74 Å². The van der Waals surface area contributed by atoms with E-state index in [1.54, 1.807) is 7.11 Å². The van der Waals surface area contributed by atoms with E-state index in [0.29, 0.717) is 5.15 Å². The number of nitrogens with zero attached hydrogens (tertiary/aromatic N) is 2. The molecule has 4 nitrogen and oxygen atoms in total. The van der Waals surface area contributed by atoms with Gasteiger partial charge in [-0.25, -0.2) is 9.97 Å². The van der Waals surface area contributed by atoms with Gasteiger partial charge in [-0.1, -0.05) is 18.5 Å². The minimum atomic E-state index is 0.545. The van der Waals surface area contributed by atoms with Crippen molar-refractivity contribution in [2.75, 3.05) is 25.6 Å². The number of nitrogens with one attached hydrogen (secondary N) is 1. The highest BCUT2D eigenvalue weighted by Gasteiger charge is 2.07. The van der Waals surface area contributed by atoms with Crippen LogP contribution in [0.2, 0.25) is 5.15 Å². The number of aryl methyl sites for hydroxylation is 1. The number of methoxy groups -OCH3 is 1. The molecule has 102 valence electrons. The van der Waals surface area contributed by atoms with Gasteiger partial charge in [0.25, 0.3) is 0 Å². The molecule has 1 aromatic rings. The summed E-state index contributed by atoms with van der Waals surface area (Å²) >= 11 is 6.07. The summed E-state index contributed by atoms with van der Waals surface area (Å²) in [5.74, 6) is 1.64. The van der Waals surface area contributed by atoms with Crippen molar-refractivity contribution in [2.24, 2.45) is 0 Å². The van der Waals surface area contributed by atoms with Gasteiger partial charge in [0, 0.05) is 32.2 Å². The predicted octanol–water partition coefficient (Wildman–Crippen LogP) is 3.23. The third-order valence-electron chi connectivity index (χ3n) is 2.77. The first-order valence-electron chi connectivity index (χ1n) is 6.44. The summed E-state index contributed by atoms with van der Waals surface area (Å²) in [5, 5.41) is 3.87. The first-order valence-corrected chi connectivity index (χ1v) is 6.82. The molecule has 0 unspecified atom stereocenters. The quantitative estimate of drug-likeness (QED) is 0.582. The molecular weight excluding hydrogens is 250 g/mol. The van der Waals surface area contributed by atoms with Crippen molar-refractivity contribution in [3.8, 4) is 0 Å². The van der Waals surface area contributed by atoms with E-state index in [9.17, 15) is 0 Å². The lowest BCUT2D eigenvalue weighted by molar-refractivity contribution is 0.192. The molecule has 18 heavy (non-hydrogen) atoms. The summed E-state index contributed by atoms with van der Waals surface area (Å²) < 4.78 is 5.01. The zero-order valence-electron chi connectivity index (χ0n) is 11.4. The van der Waals surface area contributed by atoms with Crippen LogP contribution in [0.25, 0.3) is 0 Å². The number of halogens is 1. The molecule has 0 saturated carbocycles. The van der Waals surface area contributed by atoms with Crippen molar-refractivity contribution in [2.45, 2.75) is 39.5 Å². The van der Waals surface area contributed by atoms with Crippen molar-refractivity contribution >= 4 is 17.4 Å². The lowest BCUT2D eigenvalue weighted by atomic mass is 10.2. The lowest BCUT2D eigenvalue weighted by Gasteiger charge is -2.10. The second kappa shape index (κ2) is 8.27. The fourth-order valence-electron chi connectivity index (χ4n) is 1.62. The molecule has 0 aromatic carbocycles. The summed E-state index contributed by atoms with van der Waals surface area (Å²) in [6.07, 6.45) is 4.15. The second-order valence-corrected chi connectivity index (χ2v) is 4.60. The van der Waals surface area contributed by atoms with E-state index in [2.05, 4.69) is 15.3 Å². The summed E-state index contributed by atoms with van der Waals surface area (Å²) in [7, 11) is 1.73. The smallest absolute Gasteiger partial charge is 0.137 e. The Labute approximate surface area is 114 Å². The van der Waals surface area contributed by atoms with Crippen molar-refractivity contribution in [3.63, 3.8) is 0 Å². The largest absolute Gasteiger partial charge is 0.385 e. The summed E-state index contributed by atoms with van der Waals surface area (Å²) in [4.78, 5) is 8.67. The Balaban J connectivity index is 2.44. The first-order chi connectivity index (χ1) is 8.69. The van der Waals surface area contributed by atoms with Gasteiger partial charge in [0.05, 0.1) is 0 Å². The van der Waals surface area contributed by atoms with E-state index in [-0.39, 0.29) is 0 Å². The van der Waals surface area contributed by atoms with E-state index >= 15 is 0 Å². The van der Waals surface area contributed by atoms with Gasteiger partial charge in [-0.3, -0.25) is 0 Å². The molecule has 1 aromatic heterocycles. The van der Waals surface area contributed by atoms with E-state index in [1.807, 2.05) is 13.8 Å². The van der Waals surface area contributed by atoms with Gasteiger partial charge in [-0.2, -0.15) is 0 Å². The predicted molar refractivity (Wildman–Crippen MR) is 75.4 cm³/mol. The van der Waals surface area contributed by atoms with Gasteiger partial charge in [-0.15, -0.1) is 0 Å². The number of hydrogen-bond donors (Lipinski definition) is 1. The highest BCUT2D eigenvalue weighted by Crippen LogP contribution is 2.20. The lowest BCUT2D eigenvalue weighted by Crippen LogP contribution is -2.08. The van der Waals surface area contributed by atoms with E-state index in [1.165, 1.54) is 0 Å². The van der Waals surface area contributed by atoms with Crippen LogP contribution >= 0.6 is 11.6 Å². The molecule has 0 aliphatic carbocycles. The maximum atomic E-state index is 6.07. The molecule has 0 fully saturated rings. The normalized spacial score (nSPS) is 10.7. The number of aromatic nitrogens is 2. The third-order valence-corrected chi connectivity index (χ3v) is 3.13. The van der Waals surface area contributed by atoms with E-state index < -0.39 is 0 Å². The monoisotopic (exact) mass is 271 g/mol. The number of rotatable bonds is 8. The Bertz CT molecular complexity index is 371. The van der Waals surface area contributed by atoms with Crippen molar-refractivity contribution in [3.05, 3.63) is 16.5 Å². The Hall–Kier alpha value is -0.870. The standard InChI is InChI=1S/C13H22ClN3O/c1-4-11-16-12(14)10(2)13(17-11)15-8-6-5-7-9-18-3/h4-9H2,1-3H3,(H,15,16,17). The van der Waals surface area contributed by atoms with Crippen molar-refractivity contribution in [1.82, 2.24) is 9.97 Å². The first kappa shape index (κ1) is 15.2. The van der Waals surface area contributed by atoms with Crippen LogP contribution < -0.4 is 5.32 Å². The van der Waals surface area contributed by atoms with Crippen LogP contribution in [0.1, 0.15) is 37.6 Å². The van der Waals surface area contributed by atoms with Crippen molar-refractivity contribution in [1.29, 1.82) is 0 Å². The highest BCUT2D eigenvalue weighted by atomic mass is 35.5. The number of unbranched alkanes of at least 4 members (excludes halogenated alkanes) is 2. The van der Waals surface area contributed by atoms with Gasteiger partial charge in [-0.05, 0) is 26.2 Å². The Morgan fingerprint density at radius 1 is 1.22 bits per heavy atom. The van der Waals surface area contributed by atoms with E-state index in [4.69, 9.17) is 16.3 Å². The van der Waals surface area contributed by atoms with Crippen LogP contribution in [-0.2, 0) is 11.2 Å². The molecule has 0 saturated heterocycles. The summed E-state index contributed by atoms with van der Waals surface area (Å²) in [5.41, 5.74) is 0.922. The molecule has 0 amide bonds. The Kier molecular flexibility index (Phi) is 6.98. The minimum absolute atomic E-state index is 0.545. The Morgan fingerprint density at radius 2 is 2.00 bits per heavy atom. The maximum absolute atomic E-state index is 6.07. The SMILES string of the molecule is CCc1nc(Cl)c(C)c(NCCCCCOC)n1. The average molecular weight is 272 g/mol. The zero-order chi connectivity index (χ0) is 13.4. The molecule has 0 radical (unpaired) electrons. The fraction of sp³-hybridized carbons (Fsp3) is 0.692. The molecule has 5 heteroatoms. The topological polar surface area (TPSA) is 47.0 Å². The van der Waals surface area contributed by atoms with Gasteiger partial charge in [0.15, 0.2) is 0 Å². The van der Waals surface area contributed by atoms with Crippen LogP contribution in [0.4, 0.5) is 5.82 Å². The van der Waals surface area contributed by atoms with Crippen LogP contribution in [0.3, 0.4) is 0 Å². The molecule has 1 rings (SSSR count). The molecule has 0 spiro atoms. The maximum Gasteiger partial charge on any atom is 0.137 e. The number of hydrogen-bond acceptors (Lipinski definition) is 4. The molecular formula is C13H22ClN3O. The highest BCUT2D eigenvalue weighted by molar-refractivity contribution is 6.30. The van der Waals surface area contributed by atoms with Crippen LogP contribution in [0.5, 0.6) is 0 Å². The van der Waals surface area contributed by atoms with Crippen LogP contribution in [0, 0.1) is 6.92 Å². The van der Waals surface area contributed by atoms with Crippen LogP contribution in [0.15, 0.2) is 0 Å². The molecule has 0 bridgehead atoms. The average Bonchev–Trinajstić information content (AvgIpc) is 2.38. The van der Waals surface area contributed by atoms with Gasteiger partial charge < -0.3 is 10.1 Å². The Morgan fingerprint density at radius 3 is 2.67 bits per heavy atom.